The van der Waals surface area contributed by atoms with E-state index < -0.39 is 0 Å². The van der Waals surface area contributed by atoms with Gasteiger partial charge in [0.05, 0.1) is 28.3 Å². The van der Waals surface area contributed by atoms with Crippen LogP contribution in [0.15, 0.2) is 82.7 Å². The Morgan fingerprint density at radius 3 is 2.66 bits per heavy atom. The average molecular weight is 489 g/mol. The second-order valence-electron chi connectivity index (χ2n) is 7.24. The second-order valence-corrected chi connectivity index (χ2v) is 8.16. The van der Waals surface area contributed by atoms with Crippen LogP contribution in [0.2, 0.25) is 0 Å². The number of fused-ring (bicyclic) bond motifs is 2. The molecule has 0 radical (unpaired) electrons. The molecule has 0 unspecified atom stereocenters. The summed E-state index contributed by atoms with van der Waals surface area (Å²) in [5.74, 6) is 0.460. The van der Waals surface area contributed by atoms with Crippen molar-refractivity contribution >= 4 is 43.8 Å². The summed E-state index contributed by atoms with van der Waals surface area (Å²) in [6.45, 7) is 0.193. The highest BCUT2D eigenvalue weighted by Crippen LogP contribution is 2.17. The Balaban J connectivity index is 1.26. The van der Waals surface area contributed by atoms with Crippen molar-refractivity contribution in [3.63, 3.8) is 0 Å². The molecule has 9 heteroatoms. The molecule has 8 nitrogen and oxygen atoms in total. The van der Waals surface area contributed by atoms with Crippen LogP contribution in [0.5, 0.6) is 0 Å². The van der Waals surface area contributed by atoms with Gasteiger partial charge < -0.3 is 5.32 Å². The molecule has 0 spiro atoms. The Morgan fingerprint density at radius 2 is 1.81 bits per heavy atom. The quantitative estimate of drug-likeness (QED) is 0.409. The number of amides is 1. The molecule has 3 aromatic heterocycles. The van der Waals surface area contributed by atoms with Crippen molar-refractivity contribution < 1.29 is 4.79 Å². The number of para-hydroxylation sites is 2. The lowest BCUT2D eigenvalue weighted by Gasteiger charge is -2.09. The third-order valence-electron chi connectivity index (χ3n) is 5.10. The molecule has 1 amide bonds. The first kappa shape index (κ1) is 20.1. The van der Waals surface area contributed by atoms with Crippen LogP contribution in [0.25, 0.3) is 27.8 Å². The van der Waals surface area contributed by atoms with Crippen molar-refractivity contribution in [3.8, 4) is 5.82 Å². The fourth-order valence-electron chi connectivity index (χ4n) is 3.46. The van der Waals surface area contributed by atoms with Gasteiger partial charge in [0.2, 0.25) is 5.91 Å². The molecule has 0 aliphatic carbocycles. The third kappa shape index (κ3) is 3.90. The number of hydrogen-bond donors (Lipinski definition) is 1. The van der Waals surface area contributed by atoms with Crippen molar-refractivity contribution in [1.82, 2.24) is 29.4 Å². The number of rotatable bonds is 5. The minimum atomic E-state index is -0.284. The van der Waals surface area contributed by atoms with Gasteiger partial charge in [-0.3, -0.25) is 18.7 Å². The summed E-state index contributed by atoms with van der Waals surface area (Å²) in [6.07, 6.45) is 4.85. The predicted octanol–water partition coefficient (Wildman–Crippen LogP) is 3.21. The highest BCUT2D eigenvalue weighted by Gasteiger charge is 2.09. The Morgan fingerprint density at radius 1 is 0.969 bits per heavy atom. The number of hydrogen-bond acceptors (Lipinski definition) is 5. The molecule has 0 saturated heterocycles. The normalized spacial score (nSPS) is 11.2. The van der Waals surface area contributed by atoms with Crippen molar-refractivity contribution in [1.29, 1.82) is 0 Å². The van der Waals surface area contributed by atoms with Gasteiger partial charge in [0.25, 0.3) is 5.56 Å². The van der Waals surface area contributed by atoms with Crippen LogP contribution >= 0.6 is 15.9 Å². The maximum atomic E-state index is 12.6. The van der Waals surface area contributed by atoms with E-state index in [0.717, 1.165) is 26.9 Å². The standard InChI is InChI=1S/C23H17BrN6O2/c24-16-6-7-18-17(9-16)23(32)29(13-27-18)12-22(31)26-11-15-5-8-21(25-10-15)30-14-28-19-3-1-2-4-20(19)30/h1-10,13-14H,11-12H2,(H,26,31). The lowest BCUT2D eigenvalue weighted by Crippen LogP contribution is -2.32. The number of benzene rings is 2. The maximum Gasteiger partial charge on any atom is 0.261 e. The molecule has 32 heavy (non-hydrogen) atoms. The first-order valence-corrected chi connectivity index (χ1v) is 10.7. The summed E-state index contributed by atoms with van der Waals surface area (Å²) in [5, 5.41) is 3.28. The molecule has 1 N–H and O–H groups in total. The number of carbonyl (C=O) groups excluding carboxylic acids is 1. The number of imidazole rings is 1. The summed E-state index contributed by atoms with van der Waals surface area (Å²) in [5.41, 5.74) is 3.05. The molecular weight excluding hydrogens is 472 g/mol. The molecule has 0 aliphatic heterocycles. The summed E-state index contributed by atoms with van der Waals surface area (Å²) < 4.78 is 4.00. The fourth-order valence-corrected chi connectivity index (χ4v) is 3.82. The van der Waals surface area contributed by atoms with Crippen LogP contribution in [0.4, 0.5) is 0 Å². The molecule has 5 aromatic rings. The van der Waals surface area contributed by atoms with Gasteiger partial charge in [0, 0.05) is 17.2 Å². The number of nitrogens with one attached hydrogen (secondary N) is 1. The van der Waals surface area contributed by atoms with Crippen LogP contribution in [0.3, 0.4) is 0 Å². The molecule has 3 heterocycles. The van der Waals surface area contributed by atoms with Crippen LogP contribution in [-0.2, 0) is 17.9 Å². The van der Waals surface area contributed by atoms with E-state index >= 15 is 0 Å². The van der Waals surface area contributed by atoms with E-state index in [4.69, 9.17) is 0 Å². The van der Waals surface area contributed by atoms with Gasteiger partial charge in [-0.25, -0.2) is 15.0 Å². The van der Waals surface area contributed by atoms with E-state index in [2.05, 4.69) is 36.2 Å². The lowest BCUT2D eigenvalue weighted by molar-refractivity contribution is -0.121. The van der Waals surface area contributed by atoms with E-state index in [1.54, 1.807) is 24.7 Å². The summed E-state index contributed by atoms with van der Waals surface area (Å²) >= 11 is 3.36. The van der Waals surface area contributed by atoms with Crippen molar-refractivity contribution in [2.45, 2.75) is 13.1 Å². The van der Waals surface area contributed by atoms with E-state index in [-0.39, 0.29) is 18.0 Å². The Labute approximate surface area is 190 Å². The van der Waals surface area contributed by atoms with E-state index in [9.17, 15) is 9.59 Å². The van der Waals surface area contributed by atoms with Gasteiger partial charge in [0.1, 0.15) is 18.7 Å². The molecule has 158 valence electrons. The number of pyridine rings is 1. The average Bonchev–Trinajstić information content (AvgIpc) is 3.24. The molecule has 2 aromatic carbocycles. The Bertz CT molecular complexity index is 1510. The molecule has 0 aliphatic rings. The summed E-state index contributed by atoms with van der Waals surface area (Å²) in [7, 11) is 0. The van der Waals surface area contributed by atoms with Crippen LogP contribution in [0.1, 0.15) is 5.56 Å². The molecule has 5 rings (SSSR count). The van der Waals surface area contributed by atoms with Crippen molar-refractivity contribution in [2.75, 3.05) is 0 Å². The molecular formula is C23H17BrN6O2. The molecule has 0 fully saturated rings. The second kappa shape index (κ2) is 8.35. The number of halogens is 1. The minimum absolute atomic E-state index is 0.110. The minimum Gasteiger partial charge on any atom is -0.350 e. The number of aromatic nitrogens is 5. The van der Waals surface area contributed by atoms with Gasteiger partial charge >= 0.3 is 0 Å². The molecule has 0 bridgehead atoms. The van der Waals surface area contributed by atoms with Crippen LogP contribution < -0.4 is 10.9 Å². The van der Waals surface area contributed by atoms with E-state index in [0.29, 0.717) is 17.4 Å². The van der Waals surface area contributed by atoms with Crippen LogP contribution in [-0.4, -0.2) is 30.0 Å². The highest BCUT2D eigenvalue weighted by molar-refractivity contribution is 9.10. The lowest BCUT2D eigenvalue weighted by atomic mass is 10.2. The Kier molecular flexibility index (Phi) is 5.24. The number of carbonyl (C=O) groups is 1. The van der Waals surface area contributed by atoms with Gasteiger partial charge in [-0.1, -0.05) is 34.1 Å². The fraction of sp³-hybridized carbons (Fsp3) is 0.0870. The Hall–Kier alpha value is -3.85. The smallest absolute Gasteiger partial charge is 0.261 e. The van der Waals surface area contributed by atoms with E-state index in [1.165, 1.54) is 10.9 Å². The molecule has 0 saturated carbocycles. The summed E-state index contributed by atoms with van der Waals surface area (Å²) in [6, 6.07) is 16.9. The predicted molar refractivity (Wildman–Crippen MR) is 124 cm³/mol. The van der Waals surface area contributed by atoms with Gasteiger partial charge in [0.15, 0.2) is 0 Å². The molecule has 0 atom stereocenters. The zero-order valence-corrected chi connectivity index (χ0v) is 18.4. The SMILES string of the molecule is O=C(Cn1cnc2ccc(Br)cc2c1=O)NCc1ccc(-n2cnc3ccccc32)nc1. The van der Waals surface area contributed by atoms with Gasteiger partial charge in [-0.2, -0.15) is 0 Å². The maximum absolute atomic E-state index is 12.6. The number of nitrogens with zero attached hydrogens (tertiary/aromatic N) is 5. The third-order valence-corrected chi connectivity index (χ3v) is 5.59. The van der Waals surface area contributed by atoms with Crippen molar-refractivity contribution in [3.05, 3.63) is 93.8 Å². The van der Waals surface area contributed by atoms with Crippen LogP contribution in [0, 0.1) is 0 Å². The first-order valence-electron chi connectivity index (χ1n) is 9.87. The zero-order valence-electron chi connectivity index (χ0n) is 16.8. The topological polar surface area (TPSA) is 94.7 Å². The largest absolute Gasteiger partial charge is 0.350 e. The first-order chi connectivity index (χ1) is 15.6. The van der Waals surface area contributed by atoms with E-state index in [1.807, 2.05) is 47.0 Å². The van der Waals surface area contributed by atoms with Gasteiger partial charge in [-0.05, 0) is 42.0 Å². The summed E-state index contributed by atoms with van der Waals surface area (Å²) in [4.78, 5) is 38.2. The van der Waals surface area contributed by atoms with Crippen molar-refractivity contribution in [2.24, 2.45) is 0 Å². The zero-order chi connectivity index (χ0) is 22.1. The van der Waals surface area contributed by atoms with Gasteiger partial charge in [-0.15, -0.1) is 0 Å². The highest BCUT2D eigenvalue weighted by atomic mass is 79.9. The monoisotopic (exact) mass is 488 g/mol.